The highest BCUT2D eigenvalue weighted by Gasteiger charge is 2.37. The van der Waals surface area contributed by atoms with E-state index >= 15 is 0 Å². The zero-order valence-corrected chi connectivity index (χ0v) is 14.6. The fraction of sp³-hybridized carbons (Fsp3) is 0.263. The maximum Gasteiger partial charge on any atom is 0.449 e. The van der Waals surface area contributed by atoms with Crippen molar-refractivity contribution in [3.8, 4) is 0 Å². The van der Waals surface area contributed by atoms with Crippen LogP contribution in [0.4, 0.5) is 13.2 Å². The number of halogens is 3. The molecule has 1 aromatic heterocycles. The summed E-state index contributed by atoms with van der Waals surface area (Å²) in [6.07, 6.45) is -4.64. The number of para-hydroxylation sites is 2. The van der Waals surface area contributed by atoms with Crippen LogP contribution >= 0.6 is 0 Å². The lowest BCUT2D eigenvalue weighted by Crippen LogP contribution is -2.29. The summed E-state index contributed by atoms with van der Waals surface area (Å²) < 4.78 is 45.7. The number of alkyl halides is 3. The highest BCUT2D eigenvalue weighted by atomic mass is 19.4. The van der Waals surface area contributed by atoms with E-state index in [-0.39, 0.29) is 17.6 Å². The number of carbonyl (C=O) groups is 1. The van der Waals surface area contributed by atoms with E-state index in [2.05, 4.69) is 10.3 Å². The third-order valence-electron chi connectivity index (χ3n) is 4.03. The maximum absolute atomic E-state index is 13.3. The standard InChI is InChI=1S/C19H18F3N3O2/c1-27-12-14-8-6-13(7-9-14)10-23-17(26)11-25-16-5-3-2-4-15(16)24-18(25)19(20,21)22/h2-9H,10-12H2,1H3,(H,23,26). The van der Waals surface area contributed by atoms with Gasteiger partial charge in [-0.25, -0.2) is 4.98 Å². The molecule has 1 heterocycles. The molecule has 2 aromatic carbocycles. The Hall–Kier alpha value is -2.87. The molecule has 1 amide bonds. The second kappa shape index (κ2) is 7.79. The van der Waals surface area contributed by atoms with Gasteiger partial charge in [-0.2, -0.15) is 13.2 Å². The molecule has 27 heavy (non-hydrogen) atoms. The van der Waals surface area contributed by atoms with Gasteiger partial charge in [0.05, 0.1) is 17.6 Å². The Balaban J connectivity index is 1.72. The van der Waals surface area contributed by atoms with Crippen LogP contribution in [0, 0.1) is 0 Å². The van der Waals surface area contributed by atoms with E-state index < -0.39 is 24.5 Å². The Morgan fingerprint density at radius 2 is 1.78 bits per heavy atom. The van der Waals surface area contributed by atoms with E-state index in [0.717, 1.165) is 15.7 Å². The molecule has 0 fully saturated rings. The number of hydrogen-bond acceptors (Lipinski definition) is 3. The lowest BCUT2D eigenvalue weighted by molar-refractivity contribution is -0.147. The van der Waals surface area contributed by atoms with Crippen molar-refractivity contribution in [2.45, 2.75) is 25.9 Å². The molecule has 0 saturated heterocycles. The summed E-state index contributed by atoms with van der Waals surface area (Å²) in [6, 6.07) is 13.6. The van der Waals surface area contributed by atoms with Crippen molar-refractivity contribution >= 4 is 16.9 Å². The second-order valence-electron chi connectivity index (χ2n) is 6.03. The number of carbonyl (C=O) groups excluding carboxylic acids is 1. The minimum atomic E-state index is -4.64. The maximum atomic E-state index is 13.3. The Morgan fingerprint density at radius 1 is 1.11 bits per heavy atom. The van der Waals surface area contributed by atoms with Crippen LogP contribution in [-0.2, 0) is 35.4 Å². The van der Waals surface area contributed by atoms with E-state index in [1.165, 1.54) is 12.1 Å². The quantitative estimate of drug-likeness (QED) is 0.715. The van der Waals surface area contributed by atoms with Crippen LogP contribution in [0.1, 0.15) is 17.0 Å². The topological polar surface area (TPSA) is 56.1 Å². The van der Waals surface area contributed by atoms with Gasteiger partial charge in [-0.05, 0) is 23.3 Å². The van der Waals surface area contributed by atoms with Gasteiger partial charge in [-0.3, -0.25) is 4.79 Å². The first-order chi connectivity index (χ1) is 12.9. The molecule has 0 aliphatic rings. The van der Waals surface area contributed by atoms with Crippen molar-refractivity contribution in [2.75, 3.05) is 7.11 Å². The number of amides is 1. The first-order valence-corrected chi connectivity index (χ1v) is 8.24. The third kappa shape index (κ3) is 4.46. The van der Waals surface area contributed by atoms with Gasteiger partial charge in [0, 0.05) is 13.7 Å². The average Bonchev–Trinajstić information content (AvgIpc) is 3.00. The van der Waals surface area contributed by atoms with Crippen molar-refractivity contribution in [1.29, 1.82) is 0 Å². The molecule has 0 saturated carbocycles. The van der Waals surface area contributed by atoms with Crippen LogP contribution in [0.15, 0.2) is 48.5 Å². The van der Waals surface area contributed by atoms with E-state index in [0.29, 0.717) is 6.61 Å². The number of methoxy groups -OCH3 is 1. The Kier molecular flexibility index (Phi) is 5.46. The lowest BCUT2D eigenvalue weighted by Gasteiger charge is -2.12. The zero-order valence-electron chi connectivity index (χ0n) is 14.6. The summed E-state index contributed by atoms with van der Waals surface area (Å²) in [5, 5.41) is 2.65. The van der Waals surface area contributed by atoms with Crippen LogP contribution in [0.25, 0.3) is 11.0 Å². The number of hydrogen-bond donors (Lipinski definition) is 1. The van der Waals surface area contributed by atoms with Crippen molar-refractivity contribution < 1.29 is 22.7 Å². The summed E-state index contributed by atoms with van der Waals surface area (Å²) in [7, 11) is 1.60. The molecule has 0 radical (unpaired) electrons. The molecule has 3 rings (SSSR count). The molecule has 8 heteroatoms. The van der Waals surface area contributed by atoms with Crippen molar-refractivity contribution in [1.82, 2.24) is 14.9 Å². The minimum absolute atomic E-state index is 0.200. The Morgan fingerprint density at radius 3 is 2.44 bits per heavy atom. The molecule has 142 valence electrons. The molecule has 0 aliphatic heterocycles. The predicted molar refractivity (Wildman–Crippen MR) is 93.7 cm³/mol. The van der Waals surface area contributed by atoms with Gasteiger partial charge in [0.1, 0.15) is 6.54 Å². The van der Waals surface area contributed by atoms with Crippen molar-refractivity contribution in [3.63, 3.8) is 0 Å². The zero-order chi connectivity index (χ0) is 19.4. The number of nitrogens with one attached hydrogen (secondary N) is 1. The summed E-state index contributed by atoms with van der Waals surface area (Å²) >= 11 is 0. The van der Waals surface area contributed by atoms with Gasteiger partial charge in [-0.1, -0.05) is 36.4 Å². The van der Waals surface area contributed by atoms with Crippen LogP contribution in [0.2, 0.25) is 0 Å². The molecule has 0 unspecified atom stereocenters. The summed E-state index contributed by atoms with van der Waals surface area (Å²) in [4.78, 5) is 15.9. The van der Waals surface area contributed by atoms with Gasteiger partial charge in [0.2, 0.25) is 11.7 Å². The van der Waals surface area contributed by atoms with Gasteiger partial charge in [0.15, 0.2) is 0 Å². The fourth-order valence-electron chi connectivity index (χ4n) is 2.77. The number of imidazole rings is 1. The number of nitrogens with zero attached hydrogens (tertiary/aromatic N) is 2. The highest BCUT2D eigenvalue weighted by molar-refractivity contribution is 5.81. The molecule has 3 aromatic rings. The number of aromatic nitrogens is 2. The molecule has 1 N–H and O–H groups in total. The van der Waals surface area contributed by atoms with E-state index in [9.17, 15) is 18.0 Å². The first kappa shape index (κ1) is 18.9. The normalized spacial score (nSPS) is 11.7. The molecule has 0 spiro atoms. The number of ether oxygens (including phenoxy) is 1. The Bertz CT molecular complexity index is 934. The summed E-state index contributed by atoms with van der Waals surface area (Å²) in [5.41, 5.74) is 2.30. The fourth-order valence-corrected chi connectivity index (χ4v) is 2.77. The van der Waals surface area contributed by atoms with Gasteiger partial charge >= 0.3 is 6.18 Å². The second-order valence-corrected chi connectivity index (χ2v) is 6.03. The van der Waals surface area contributed by atoms with Gasteiger partial charge in [0.25, 0.3) is 0 Å². The Labute approximate surface area is 153 Å². The molecule has 0 atom stereocenters. The minimum Gasteiger partial charge on any atom is -0.380 e. The number of benzene rings is 2. The summed E-state index contributed by atoms with van der Waals surface area (Å²) in [6.45, 7) is 0.248. The number of rotatable bonds is 6. The van der Waals surface area contributed by atoms with Crippen LogP contribution in [0.3, 0.4) is 0 Å². The average molecular weight is 377 g/mol. The lowest BCUT2D eigenvalue weighted by atomic mass is 10.1. The third-order valence-corrected chi connectivity index (χ3v) is 4.03. The number of fused-ring (bicyclic) bond motifs is 1. The molecular weight excluding hydrogens is 359 g/mol. The van der Waals surface area contributed by atoms with Gasteiger partial charge < -0.3 is 14.6 Å². The monoisotopic (exact) mass is 377 g/mol. The molecular formula is C19H18F3N3O2. The van der Waals surface area contributed by atoms with E-state index in [1.54, 1.807) is 19.2 Å². The van der Waals surface area contributed by atoms with Crippen LogP contribution < -0.4 is 5.32 Å². The first-order valence-electron chi connectivity index (χ1n) is 8.24. The van der Waals surface area contributed by atoms with Crippen LogP contribution in [0.5, 0.6) is 0 Å². The highest BCUT2D eigenvalue weighted by Crippen LogP contribution is 2.31. The summed E-state index contributed by atoms with van der Waals surface area (Å²) in [5.74, 6) is -1.60. The van der Waals surface area contributed by atoms with Crippen LogP contribution in [-0.4, -0.2) is 22.6 Å². The smallest absolute Gasteiger partial charge is 0.380 e. The van der Waals surface area contributed by atoms with E-state index in [1.807, 2.05) is 24.3 Å². The molecule has 5 nitrogen and oxygen atoms in total. The predicted octanol–water partition coefficient (Wildman–Crippen LogP) is 3.52. The van der Waals surface area contributed by atoms with Crippen molar-refractivity contribution in [3.05, 3.63) is 65.5 Å². The largest absolute Gasteiger partial charge is 0.449 e. The molecule has 0 aliphatic carbocycles. The van der Waals surface area contributed by atoms with E-state index in [4.69, 9.17) is 4.74 Å². The van der Waals surface area contributed by atoms with Gasteiger partial charge in [-0.15, -0.1) is 0 Å². The van der Waals surface area contributed by atoms with Crippen molar-refractivity contribution in [2.24, 2.45) is 0 Å². The SMILES string of the molecule is COCc1ccc(CNC(=O)Cn2c(C(F)(F)F)nc3ccccc32)cc1. The molecule has 0 bridgehead atoms.